The third kappa shape index (κ3) is 4.10. The minimum atomic E-state index is -0.0651. The van der Waals surface area contributed by atoms with Crippen LogP contribution < -0.4 is 11.1 Å². The average molecular weight is 298 g/mol. The van der Waals surface area contributed by atoms with Crippen LogP contribution >= 0.6 is 11.6 Å². The van der Waals surface area contributed by atoms with E-state index in [1.165, 1.54) is 0 Å². The minimum absolute atomic E-state index is 0.0651. The normalized spacial score (nSPS) is 18.4. The largest absolute Gasteiger partial charge is 0.397 e. The maximum absolute atomic E-state index is 11.9. The number of amides is 1. The van der Waals surface area contributed by atoms with E-state index in [9.17, 15) is 4.79 Å². The number of nitrogens with two attached hydrogens (primary N) is 1. The number of carbonyl (C=O) groups excluding carboxylic acids is 1. The van der Waals surface area contributed by atoms with Gasteiger partial charge < -0.3 is 20.7 Å². The van der Waals surface area contributed by atoms with Crippen LogP contribution in [0.2, 0.25) is 5.02 Å². The zero-order valence-corrected chi connectivity index (χ0v) is 12.3. The van der Waals surface area contributed by atoms with Crippen LogP contribution in [0, 0.1) is 0 Å². The Morgan fingerprint density at radius 3 is 3.10 bits per heavy atom. The number of rotatable bonds is 5. The molecular formula is C14H20ClN3O2. The van der Waals surface area contributed by atoms with Gasteiger partial charge in [0, 0.05) is 30.6 Å². The SMILES string of the molecule is CN(CCC(=O)Nc1cc(Cl)ccc1N)C1CCOC1. The van der Waals surface area contributed by atoms with Crippen LogP contribution in [0.25, 0.3) is 0 Å². The van der Waals surface area contributed by atoms with Crippen molar-refractivity contribution in [3.05, 3.63) is 23.2 Å². The minimum Gasteiger partial charge on any atom is -0.397 e. The van der Waals surface area contributed by atoms with Crippen LogP contribution in [0.5, 0.6) is 0 Å². The molecular weight excluding hydrogens is 278 g/mol. The summed E-state index contributed by atoms with van der Waals surface area (Å²) in [5.41, 5.74) is 6.87. The Morgan fingerprint density at radius 1 is 1.60 bits per heavy atom. The molecule has 0 radical (unpaired) electrons. The fourth-order valence-electron chi connectivity index (χ4n) is 2.18. The standard InChI is InChI=1S/C14H20ClN3O2/c1-18(11-5-7-20-9-11)6-4-14(19)17-13-8-10(15)2-3-12(13)16/h2-3,8,11H,4-7,9,16H2,1H3,(H,17,19). The van der Waals surface area contributed by atoms with Crippen molar-refractivity contribution in [2.75, 3.05) is 37.9 Å². The number of nitrogens with one attached hydrogen (secondary N) is 1. The molecule has 0 saturated carbocycles. The molecule has 110 valence electrons. The predicted octanol–water partition coefficient (Wildman–Crippen LogP) is 1.97. The molecule has 1 aliphatic rings. The van der Waals surface area contributed by atoms with E-state index in [0.29, 0.717) is 35.4 Å². The molecule has 0 bridgehead atoms. The summed E-state index contributed by atoms with van der Waals surface area (Å²) in [7, 11) is 2.01. The van der Waals surface area contributed by atoms with Crippen LogP contribution in [0.1, 0.15) is 12.8 Å². The summed E-state index contributed by atoms with van der Waals surface area (Å²) in [4.78, 5) is 14.1. The third-order valence-electron chi connectivity index (χ3n) is 3.51. The van der Waals surface area contributed by atoms with Crippen molar-refractivity contribution in [3.8, 4) is 0 Å². The summed E-state index contributed by atoms with van der Waals surface area (Å²) in [5, 5.41) is 3.34. The second kappa shape index (κ2) is 6.92. The van der Waals surface area contributed by atoms with Gasteiger partial charge in [-0.15, -0.1) is 0 Å². The number of benzene rings is 1. The summed E-state index contributed by atoms with van der Waals surface area (Å²) in [6, 6.07) is 5.45. The fourth-order valence-corrected chi connectivity index (χ4v) is 2.35. The lowest BCUT2D eigenvalue weighted by Gasteiger charge is -2.22. The van der Waals surface area contributed by atoms with Crippen molar-refractivity contribution in [2.45, 2.75) is 18.9 Å². The Kier molecular flexibility index (Phi) is 5.23. The first-order chi connectivity index (χ1) is 9.56. The number of halogens is 1. The van der Waals surface area contributed by atoms with Crippen molar-refractivity contribution in [1.82, 2.24) is 4.90 Å². The average Bonchev–Trinajstić information content (AvgIpc) is 2.94. The molecule has 0 spiro atoms. The molecule has 1 aromatic rings. The van der Waals surface area contributed by atoms with Gasteiger partial charge in [-0.2, -0.15) is 0 Å². The molecule has 1 unspecified atom stereocenters. The highest BCUT2D eigenvalue weighted by molar-refractivity contribution is 6.31. The van der Waals surface area contributed by atoms with E-state index >= 15 is 0 Å². The number of anilines is 2. The van der Waals surface area contributed by atoms with Gasteiger partial charge in [0.1, 0.15) is 0 Å². The molecule has 1 heterocycles. The van der Waals surface area contributed by atoms with Crippen molar-refractivity contribution in [1.29, 1.82) is 0 Å². The first-order valence-electron chi connectivity index (χ1n) is 6.69. The van der Waals surface area contributed by atoms with Gasteiger partial charge >= 0.3 is 0 Å². The number of nitrogens with zero attached hydrogens (tertiary/aromatic N) is 1. The molecule has 0 aliphatic carbocycles. The lowest BCUT2D eigenvalue weighted by atomic mass is 10.2. The maximum atomic E-state index is 11.9. The molecule has 3 N–H and O–H groups in total. The highest BCUT2D eigenvalue weighted by Gasteiger charge is 2.20. The number of hydrogen-bond acceptors (Lipinski definition) is 4. The van der Waals surface area contributed by atoms with E-state index in [1.807, 2.05) is 7.05 Å². The zero-order valence-electron chi connectivity index (χ0n) is 11.6. The van der Waals surface area contributed by atoms with Gasteiger partial charge in [-0.05, 0) is 31.7 Å². The van der Waals surface area contributed by atoms with E-state index in [0.717, 1.165) is 19.6 Å². The number of carbonyl (C=O) groups is 1. The summed E-state index contributed by atoms with van der Waals surface area (Å²) in [5.74, 6) is -0.0651. The Labute approximate surface area is 124 Å². The van der Waals surface area contributed by atoms with Gasteiger partial charge in [0.15, 0.2) is 0 Å². The molecule has 2 rings (SSSR count). The molecule has 1 atom stereocenters. The molecule has 6 heteroatoms. The zero-order chi connectivity index (χ0) is 14.5. The van der Waals surface area contributed by atoms with Gasteiger partial charge in [-0.1, -0.05) is 11.6 Å². The Balaban J connectivity index is 1.81. The monoisotopic (exact) mass is 297 g/mol. The van der Waals surface area contributed by atoms with Crippen LogP contribution in [0.3, 0.4) is 0 Å². The van der Waals surface area contributed by atoms with Gasteiger partial charge in [-0.25, -0.2) is 0 Å². The number of likely N-dealkylation sites (N-methyl/N-ethyl adjacent to an activating group) is 1. The van der Waals surface area contributed by atoms with Crippen molar-refractivity contribution < 1.29 is 9.53 Å². The Hall–Kier alpha value is -1.30. The maximum Gasteiger partial charge on any atom is 0.225 e. The smallest absolute Gasteiger partial charge is 0.225 e. The van der Waals surface area contributed by atoms with Crippen molar-refractivity contribution in [2.24, 2.45) is 0 Å². The Bertz CT molecular complexity index is 475. The lowest BCUT2D eigenvalue weighted by molar-refractivity contribution is -0.116. The first kappa shape index (κ1) is 15.1. The second-order valence-corrected chi connectivity index (χ2v) is 5.46. The molecule has 1 aliphatic heterocycles. The van der Waals surface area contributed by atoms with E-state index in [-0.39, 0.29) is 5.91 Å². The molecule has 1 saturated heterocycles. The van der Waals surface area contributed by atoms with E-state index in [2.05, 4.69) is 10.2 Å². The fraction of sp³-hybridized carbons (Fsp3) is 0.500. The van der Waals surface area contributed by atoms with Crippen molar-refractivity contribution >= 4 is 28.9 Å². The summed E-state index contributed by atoms with van der Waals surface area (Å²) >= 11 is 5.88. The summed E-state index contributed by atoms with van der Waals surface area (Å²) in [6.07, 6.45) is 1.44. The second-order valence-electron chi connectivity index (χ2n) is 5.03. The van der Waals surface area contributed by atoms with Gasteiger partial charge in [0.05, 0.1) is 18.0 Å². The van der Waals surface area contributed by atoms with Crippen LogP contribution in [0.4, 0.5) is 11.4 Å². The molecule has 1 fully saturated rings. The number of ether oxygens (including phenoxy) is 1. The number of nitrogen functional groups attached to an aromatic ring is 1. The highest BCUT2D eigenvalue weighted by Crippen LogP contribution is 2.23. The Morgan fingerprint density at radius 2 is 2.40 bits per heavy atom. The molecule has 0 aromatic heterocycles. The molecule has 1 amide bonds. The quantitative estimate of drug-likeness (QED) is 0.816. The summed E-state index contributed by atoms with van der Waals surface area (Å²) < 4.78 is 5.34. The van der Waals surface area contributed by atoms with E-state index < -0.39 is 0 Å². The van der Waals surface area contributed by atoms with Crippen LogP contribution in [0.15, 0.2) is 18.2 Å². The van der Waals surface area contributed by atoms with Crippen LogP contribution in [-0.2, 0) is 9.53 Å². The summed E-state index contributed by atoms with van der Waals surface area (Å²) in [6.45, 7) is 2.25. The van der Waals surface area contributed by atoms with E-state index in [1.54, 1.807) is 18.2 Å². The molecule has 1 aromatic carbocycles. The topological polar surface area (TPSA) is 67.6 Å². The van der Waals surface area contributed by atoms with Gasteiger partial charge in [-0.3, -0.25) is 4.79 Å². The molecule has 20 heavy (non-hydrogen) atoms. The highest BCUT2D eigenvalue weighted by atomic mass is 35.5. The van der Waals surface area contributed by atoms with Crippen molar-refractivity contribution in [3.63, 3.8) is 0 Å². The third-order valence-corrected chi connectivity index (χ3v) is 3.75. The first-order valence-corrected chi connectivity index (χ1v) is 7.07. The molecule has 5 nitrogen and oxygen atoms in total. The van der Waals surface area contributed by atoms with Gasteiger partial charge in [0.25, 0.3) is 0 Å². The predicted molar refractivity (Wildman–Crippen MR) is 81.0 cm³/mol. The van der Waals surface area contributed by atoms with Crippen LogP contribution in [-0.4, -0.2) is 43.7 Å². The van der Waals surface area contributed by atoms with Gasteiger partial charge in [0.2, 0.25) is 5.91 Å². The number of hydrogen-bond donors (Lipinski definition) is 2. The lowest BCUT2D eigenvalue weighted by Crippen LogP contribution is -2.34. The van der Waals surface area contributed by atoms with E-state index in [4.69, 9.17) is 22.1 Å².